The molecule has 182 valence electrons. The van der Waals surface area contributed by atoms with Gasteiger partial charge in [-0.05, 0) is 99.1 Å². The van der Waals surface area contributed by atoms with E-state index in [1.54, 1.807) is 0 Å². The number of rotatable bonds is 9. The predicted octanol–water partition coefficient (Wildman–Crippen LogP) is 6.33. The normalized spacial score (nSPS) is 14.6. The van der Waals surface area contributed by atoms with Crippen LogP contribution in [0.5, 0.6) is 0 Å². The number of amides is 1. The maximum Gasteiger partial charge on any atom is 0.228 e. The molecule has 1 saturated heterocycles. The van der Waals surface area contributed by atoms with Crippen molar-refractivity contribution in [1.29, 1.82) is 0 Å². The fourth-order valence-electron chi connectivity index (χ4n) is 4.87. The Labute approximate surface area is 209 Å². The van der Waals surface area contributed by atoms with Gasteiger partial charge in [-0.2, -0.15) is 0 Å². The van der Waals surface area contributed by atoms with Gasteiger partial charge in [0.2, 0.25) is 5.91 Å². The van der Waals surface area contributed by atoms with Crippen LogP contribution in [-0.4, -0.2) is 36.2 Å². The third kappa shape index (κ3) is 7.12. The van der Waals surface area contributed by atoms with Gasteiger partial charge in [-0.25, -0.2) is 0 Å². The van der Waals surface area contributed by atoms with Crippen LogP contribution in [0.3, 0.4) is 0 Å². The zero-order valence-corrected chi connectivity index (χ0v) is 20.9. The molecule has 4 rings (SSSR count). The molecule has 4 nitrogen and oxygen atoms in total. The minimum atomic E-state index is 0.0125. The summed E-state index contributed by atoms with van der Waals surface area (Å²) in [6, 6.07) is 24.1. The van der Waals surface area contributed by atoms with Crippen LogP contribution in [0.25, 0.3) is 0 Å². The molecule has 35 heavy (non-hydrogen) atoms. The van der Waals surface area contributed by atoms with Gasteiger partial charge in [0.15, 0.2) is 5.78 Å². The largest absolute Gasteiger partial charge is 0.326 e. The molecule has 0 saturated carbocycles. The van der Waals surface area contributed by atoms with Crippen molar-refractivity contribution < 1.29 is 9.59 Å². The van der Waals surface area contributed by atoms with E-state index in [1.807, 2.05) is 60.7 Å². The van der Waals surface area contributed by atoms with Crippen LogP contribution in [0.15, 0.2) is 72.8 Å². The lowest BCUT2D eigenvalue weighted by molar-refractivity contribution is -0.115. The quantitative estimate of drug-likeness (QED) is 0.374. The lowest BCUT2D eigenvalue weighted by Gasteiger charge is -2.32. The maximum atomic E-state index is 12.5. The first-order chi connectivity index (χ1) is 17.0. The maximum absolute atomic E-state index is 12.5. The van der Waals surface area contributed by atoms with Crippen LogP contribution in [0.2, 0.25) is 0 Å². The highest BCUT2D eigenvalue weighted by atomic mass is 16.1. The minimum absolute atomic E-state index is 0.0125. The number of likely N-dealkylation sites (tertiary alicyclic amines) is 1. The number of carbonyl (C=O) groups excluding carboxylic acids is 2. The summed E-state index contributed by atoms with van der Waals surface area (Å²) in [5.41, 5.74) is 6.43. The molecule has 3 aromatic carbocycles. The highest BCUT2D eigenvalue weighted by molar-refractivity contribution is 5.96. The summed E-state index contributed by atoms with van der Waals surface area (Å²) in [6.45, 7) is 7.20. The van der Waals surface area contributed by atoms with Crippen molar-refractivity contribution in [3.63, 3.8) is 0 Å². The first-order valence-corrected chi connectivity index (χ1v) is 12.7. The average Bonchev–Trinajstić information content (AvgIpc) is 2.87. The van der Waals surface area contributed by atoms with Crippen LogP contribution in [0.1, 0.15) is 64.2 Å². The number of Topliss-reactive ketones (excluding diaryl/α,β-unsaturated/α-hetero) is 1. The fourth-order valence-corrected chi connectivity index (χ4v) is 4.87. The Morgan fingerprint density at radius 1 is 0.886 bits per heavy atom. The van der Waals surface area contributed by atoms with Crippen molar-refractivity contribution in [2.75, 3.05) is 25.0 Å². The summed E-state index contributed by atoms with van der Waals surface area (Å²) in [4.78, 5) is 27.5. The molecule has 0 aromatic heterocycles. The summed E-state index contributed by atoms with van der Waals surface area (Å²) in [5.74, 6) is 0.766. The molecule has 4 heteroatoms. The monoisotopic (exact) mass is 468 g/mol. The molecule has 0 aliphatic carbocycles. The van der Waals surface area contributed by atoms with E-state index in [0.29, 0.717) is 18.8 Å². The summed E-state index contributed by atoms with van der Waals surface area (Å²) in [6.07, 6.45) is 4.10. The molecular formula is C31H36N2O2. The van der Waals surface area contributed by atoms with Gasteiger partial charge in [0.1, 0.15) is 0 Å². The number of anilines is 1. The van der Waals surface area contributed by atoms with E-state index in [9.17, 15) is 9.59 Å². The van der Waals surface area contributed by atoms with Gasteiger partial charge in [0.25, 0.3) is 0 Å². The number of piperidine rings is 1. The number of nitrogens with one attached hydrogen (secondary N) is 1. The molecule has 1 N–H and O–H groups in total. The Hall–Kier alpha value is -3.24. The van der Waals surface area contributed by atoms with Crippen LogP contribution >= 0.6 is 0 Å². The van der Waals surface area contributed by atoms with E-state index in [1.165, 1.54) is 16.7 Å². The van der Waals surface area contributed by atoms with Gasteiger partial charge in [-0.15, -0.1) is 0 Å². The summed E-state index contributed by atoms with van der Waals surface area (Å²) in [7, 11) is 0. The Morgan fingerprint density at radius 3 is 2.40 bits per heavy atom. The Morgan fingerprint density at radius 2 is 1.66 bits per heavy atom. The summed E-state index contributed by atoms with van der Waals surface area (Å²) in [5, 5.41) is 3.06. The first kappa shape index (κ1) is 24.9. The Bertz CT molecular complexity index is 1150. The van der Waals surface area contributed by atoms with E-state index in [4.69, 9.17) is 0 Å². The fraction of sp³-hybridized carbons (Fsp3) is 0.355. The van der Waals surface area contributed by atoms with E-state index < -0.39 is 0 Å². The summed E-state index contributed by atoms with van der Waals surface area (Å²) >= 11 is 0. The number of nitrogens with zero attached hydrogens (tertiary/aromatic N) is 1. The van der Waals surface area contributed by atoms with Crippen LogP contribution in [0, 0.1) is 13.8 Å². The van der Waals surface area contributed by atoms with E-state index in [-0.39, 0.29) is 11.7 Å². The third-order valence-electron chi connectivity index (χ3n) is 7.14. The van der Waals surface area contributed by atoms with Gasteiger partial charge in [0, 0.05) is 17.7 Å². The van der Waals surface area contributed by atoms with Crippen molar-refractivity contribution in [3.05, 3.63) is 101 Å². The van der Waals surface area contributed by atoms with Gasteiger partial charge in [0.05, 0.1) is 6.42 Å². The zero-order chi connectivity index (χ0) is 24.6. The minimum Gasteiger partial charge on any atom is -0.326 e. The lowest BCUT2D eigenvalue weighted by atomic mass is 9.89. The molecule has 1 amide bonds. The molecule has 1 heterocycles. The van der Waals surface area contributed by atoms with Crippen molar-refractivity contribution in [1.82, 2.24) is 4.90 Å². The number of hydrogen-bond donors (Lipinski definition) is 1. The SMILES string of the molecule is Cc1ccc(C(=O)CCCN2CCC(c3cccc(NC(=O)Cc4ccccc4)c3)CC2)cc1C. The second kappa shape index (κ2) is 11.9. The lowest BCUT2D eigenvalue weighted by Crippen LogP contribution is -2.33. The van der Waals surface area contributed by atoms with Crippen LogP contribution < -0.4 is 5.32 Å². The smallest absolute Gasteiger partial charge is 0.228 e. The molecule has 1 aliphatic heterocycles. The molecule has 1 fully saturated rings. The van der Waals surface area contributed by atoms with Crippen molar-refractivity contribution >= 4 is 17.4 Å². The zero-order valence-electron chi connectivity index (χ0n) is 20.9. The molecule has 1 aliphatic rings. The number of ketones is 1. The predicted molar refractivity (Wildman–Crippen MR) is 143 cm³/mol. The molecule has 0 bridgehead atoms. The van der Waals surface area contributed by atoms with Crippen LogP contribution in [-0.2, 0) is 11.2 Å². The number of carbonyl (C=O) groups is 2. The van der Waals surface area contributed by atoms with Crippen molar-refractivity contribution in [3.8, 4) is 0 Å². The summed E-state index contributed by atoms with van der Waals surface area (Å²) < 4.78 is 0. The number of aryl methyl sites for hydroxylation is 2. The topological polar surface area (TPSA) is 49.4 Å². The van der Waals surface area contributed by atoms with Gasteiger partial charge < -0.3 is 10.2 Å². The molecule has 3 aromatic rings. The molecule has 0 atom stereocenters. The highest BCUT2D eigenvalue weighted by Crippen LogP contribution is 2.29. The second-order valence-corrected chi connectivity index (χ2v) is 9.78. The Kier molecular flexibility index (Phi) is 8.49. The first-order valence-electron chi connectivity index (χ1n) is 12.7. The number of hydrogen-bond acceptors (Lipinski definition) is 3. The number of benzene rings is 3. The highest BCUT2D eigenvalue weighted by Gasteiger charge is 2.21. The third-order valence-corrected chi connectivity index (χ3v) is 7.14. The van der Waals surface area contributed by atoms with Crippen LogP contribution in [0.4, 0.5) is 5.69 Å². The van der Waals surface area contributed by atoms with Gasteiger partial charge in [-0.3, -0.25) is 9.59 Å². The van der Waals surface area contributed by atoms with Gasteiger partial charge >= 0.3 is 0 Å². The van der Waals surface area contributed by atoms with Gasteiger partial charge in [-0.1, -0.05) is 54.6 Å². The van der Waals surface area contributed by atoms with Crippen molar-refractivity contribution in [2.24, 2.45) is 0 Å². The molecular weight excluding hydrogens is 432 g/mol. The molecule has 0 radical (unpaired) electrons. The van der Waals surface area contributed by atoms with Crippen molar-refractivity contribution in [2.45, 2.75) is 51.9 Å². The molecule has 0 unspecified atom stereocenters. The second-order valence-electron chi connectivity index (χ2n) is 9.78. The van der Waals surface area contributed by atoms with E-state index in [2.05, 4.69) is 36.2 Å². The molecule has 0 spiro atoms. The average molecular weight is 469 g/mol. The Balaban J connectivity index is 1.21. The van der Waals surface area contributed by atoms with E-state index in [0.717, 1.165) is 55.7 Å². The standard InChI is InChI=1S/C31H36N2O2/c1-23-13-14-28(20-24(23)2)30(34)12-7-17-33-18-15-26(16-19-33)27-10-6-11-29(22-27)32-31(35)21-25-8-4-3-5-9-25/h3-6,8-11,13-14,20,22,26H,7,12,15-19,21H2,1-2H3,(H,32,35). The van der Waals surface area contributed by atoms with E-state index >= 15 is 0 Å².